The molecule has 7 nitrogen and oxygen atoms in total. The highest BCUT2D eigenvalue weighted by Crippen LogP contribution is 2.31. The Morgan fingerprint density at radius 1 is 1.19 bits per heavy atom. The fourth-order valence-electron chi connectivity index (χ4n) is 4.58. The van der Waals surface area contributed by atoms with Crippen LogP contribution in [0.15, 0.2) is 53.5 Å². The number of hydrogen-bond donors (Lipinski definition) is 2. The maximum absolute atomic E-state index is 13.0. The number of nitrogens with one attached hydrogen (secondary N) is 1. The first-order valence-electron chi connectivity index (χ1n) is 11.0. The van der Waals surface area contributed by atoms with Crippen LogP contribution < -0.4 is 11.1 Å². The fraction of sp³-hybridized carbons (Fsp3) is 0.320. The monoisotopic (exact) mass is 430 g/mol. The lowest BCUT2D eigenvalue weighted by Crippen LogP contribution is -2.48. The van der Waals surface area contributed by atoms with E-state index >= 15 is 0 Å². The number of fused-ring (bicyclic) bond motifs is 4. The second-order valence-electron chi connectivity index (χ2n) is 8.51. The largest absolute Gasteiger partial charge is 0.369 e. The average molecular weight is 431 g/mol. The quantitative estimate of drug-likeness (QED) is 0.669. The zero-order valence-corrected chi connectivity index (χ0v) is 18.0. The van der Waals surface area contributed by atoms with Crippen LogP contribution in [0.2, 0.25) is 0 Å². The van der Waals surface area contributed by atoms with E-state index in [0.717, 1.165) is 35.1 Å². The third kappa shape index (κ3) is 3.80. The van der Waals surface area contributed by atoms with Gasteiger partial charge in [-0.1, -0.05) is 36.4 Å². The molecule has 32 heavy (non-hydrogen) atoms. The van der Waals surface area contributed by atoms with Gasteiger partial charge in [-0.05, 0) is 54.7 Å². The van der Waals surface area contributed by atoms with Gasteiger partial charge in [0.1, 0.15) is 0 Å². The fourth-order valence-corrected chi connectivity index (χ4v) is 4.58. The van der Waals surface area contributed by atoms with Crippen LogP contribution in [0.1, 0.15) is 71.1 Å². The summed E-state index contributed by atoms with van der Waals surface area (Å²) in [7, 11) is 0. The van der Waals surface area contributed by atoms with Gasteiger partial charge in [0.15, 0.2) is 12.2 Å². The lowest BCUT2D eigenvalue weighted by Gasteiger charge is -2.33. The van der Waals surface area contributed by atoms with E-state index in [1.54, 1.807) is 12.1 Å². The minimum Gasteiger partial charge on any atom is -0.369 e. The van der Waals surface area contributed by atoms with Crippen LogP contribution in [0.5, 0.6) is 0 Å². The second kappa shape index (κ2) is 8.24. The summed E-state index contributed by atoms with van der Waals surface area (Å²) in [5.74, 6) is -0.0431. The average Bonchev–Trinajstić information content (AvgIpc) is 3.17. The van der Waals surface area contributed by atoms with Crippen molar-refractivity contribution in [3.05, 3.63) is 76.4 Å². The van der Waals surface area contributed by atoms with E-state index in [1.807, 2.05) is 31.2 Å². The summed E-state index contributed by atoms with van der Waals surface area (Å²) in [5, 5.41) is 2.99. The van der Waals surface area contributed by atoms with Crippen molar-refractivity contribution in [3.8, 4) is 0 Å². The highest BCUT2D eigenvalue weighted by Gasteiger charge is 2.32. The molecule has 0 spiro atoms. The number of rotatable bonds is 0. The third-order valence-corrected chi connectivity index (χ3v) is 6.36. The maximum atomic E-state index is 13.0. The van der Waals surface area contributed by atoms with Crippen molar-refractivity contribution >= 4 is 23.8 Å². The van der Waals surface area contributed by atoms with E-state index in [2.05, 4.69) is 28.5 Å². The van der Waals surface area contributed by atoms with Gasteiger partial charge in [-0.2, -0.15) is 0 Å². The number of nitrogens with zero attached hydrogens (tertiary/aromatic N) is 2. The zero-order valence-electron chi connectivity index (χ0n) is 18.0. The van der Waals surface area contributed by atoms with Crippen LogP contribution in [0.4, 0.5) is 0 Å². The number of allylic oxidation sites excluding steroid dienone is 1. The Morgan fingerprint density at radius 3 is 2.91 bits per heavy atom. The minimum absolute atomic E-state index is 0.0467. The number of ether oxygens (including phenoxy) is 1. The molecule has 3 N–H and O–H groups in total. The van der Waals surface area contributed by atoms with Gasteiger partial charge < -0.3 is 15.8 Å². The molecule has 0 fully saturated rings. The Bertz CT molecular complexity index is 1140. The van der Waals surface area contributed by atoms with Crippen molar-refractivity contribution in [2.75, 3.05) is 0 Å². The smallest absolute Gasteiger partial charge is 0.253 e. The molecule has 3 atom stereocenters. The van der Waals surface area contributed by atoms with Crippen molar-refractivity contribution in [3.63, 3.8) is 0 Å². The lowest BCUT2D eigenvalue weighted by atomic mass is 10.00. The topological polar surface area (TPSA) is 97.0 Å². The van der Waals surface area contributed by atoms with Crippen molar-refractivity contribution in [1.29, 1.82) is 0 Å². The molecule has 0 saturated carbocycles. The van der Waals surface area contributed by atoms with Crippen LogP contribution in [0.25, 0.3) is 6.08 Å². The Labute approximate surface area is 187 Å². The molecule has 2 amide bonds. The van der Waals surface area contributed by atoms with E-state index in [1.165, 1.54) is 4.90 Å². The van der Waals surface area contributed by atoms with Crippen LogP contribution in [0.3, 0.4) is 0 Å². The first-order valence-corrected chi connectivity index (χ1v) is 11.0. The Balaban J connectivity index is 1.54. The van der Waals surface area contributed by atoms with Gasteiger partial charge in [0, 0.05) is 17.5 Å². The van der Waals surface area contributed by atoms with Crippen LogP contribution >= 0.6 is 0 Å². The van der Waals surface area contributed by atoms with Gasteiger partial charge in [-0.3, -0.25) is 14.5 Å². The number of benzene rings is 2. The summed E-state index contributed by atoms with van der Waals surface area (Å²) >= 11 is 0. The molecule has 0 radical (unpaired) electrons. The molecule has 0 aromatic heterocycles. The number of carbonyl (C=O) groups excluding carboxylic acids is 2. The standard InChI is InChI=1S/C25H26N4O3/c1-15-17-6-4-7-18(12-17)23(31)28-24-21-11-16(9-10-19(21)14-32-24)5-2-3-8-20-13-22(30)29(15)25(26)27-20/h2,4-7,9-12,15,20,24H,3,8,13-14H2,1H3,(H2,26,27)(H,28,31)/b5-2-/t15-,20?,24?/m1/s1. The molecule has 4 aliphatic rings. The molecular weight excluding hydrogens is 404 g/mol. The van der Waals surface area contributed by atoms with Gasteiger partial charge in [0.05, 0.1) is 18.7 Å². The van der Waals surface area contributed by atoms with Gasteiger partial charge >= 0.3 is 0 Å². The summed E-state index contributed by atoms with van der Waals surface area (Å²) in [5.41, 5.74) is 10.6. The molecule has 164 valence electrons. The summed E-state index contributed by atoms with van der Waals surface area (Å²) in [6, 6.07) is 13.0. The van der Waals surface area contributed by atoms with Crippen LogP contribution in [0, 0.1) is 0 Å². The van der Waals surface area contributed by atoms with Gasteiger partial charge in [-0.25, -0.2) is 4.99 Å². The Kier molecular flexibility index (Phi) is 5.27. The van der Waals surface area contributed by atoms with Crippen molar-refractivity contribution < 1.29 is 14.3 Å². The molecule has 6 bridgehead atoms. The van der Waals surface area contributed by atoms with Crippen molar-refractivity contribution in [2.24, 2.45) is 10.7 Å². The third-order valence-electron chi connectivity index (χ3n) is 6.36. The summed E-state index contributed by atoms with van der Waals surface area (Å²) in [6.07, 6.45) is 5.53. The molecule has 7 heteroatoms. The summed E-state index contributed by atoms with van der Waals surface area (Å²) < 4.78 is 5.85. The normalized spacial score (nSPS) is 26.2. The summed E-state index contributed by atoms with van der Waals surface area (Å²) in [4.78, 5) is 32.0. The molecule has 2 unspecified atom stereocenters. The van der Waals surface area contributed by atoms with Gasteiger partial charge in [-0.15, -0.1) is 0 Å². The molecular formula is C25H26N4O3. The molecule has 2 aromatic rings. The number of hydrogen-bond acceptors (Lipinski definition) is 5. The zero-order chi connectivity index (χ0) is 22.2. The predicted molar refractivity (Wildman–Crippen MR) is 121 cm³/mol. The van der Waals surface area contributed by atoms with Crippen LogP contribution in [-0.2, 0) is 16.1 Å². The molecule has 0 aliphatic carbocycles. The SMILES string of the molecule is C[C@@H]1c2cccc(c2)C(=O)NC2OCc3ccc(cc32)/C=C\CCC2CC(=O)N1C(N)=N2. The van der Waals surface area contributed by atoms with Crippen LogP contribution in [-0.4, -0.2) is 28.7 Å². The van der Waals surface area contributed by atoms with Crippen molar-refractivity contribution in [1.82, 2.24) is 10.2 Å². The lowest BCUT2D eigenvalue weighted by molar-refractivity contribution is -0.130. The Morgan fingerprint density at radius 2 is 2.06 bits per heavy atom. The molecule has 4 aliphatic heterocycles. The Hall–Kier alpha value is -3.45. The maximum Gasteiger partial charge on any atom is 0.253 e. The number of carbonyl (C=O) groups is 2. The predicted octanol–water partition coefficient (Wildman–Crippen LogP) is 3.43. The first-order chi connectivity index (χ1) is 15.5. The number of aliphatic imine (C=N–C) groups is 1. The van der Waals surface area contributed by atoms with E-state index in [4.69, 9.17) is 10.5 Å². The van der Waals surface area contributed by atoms with E-state index < -0.39 is 6.23 Å². The highest BCUT2D eigenvalue weighted by molar-refractivity contribution is 5.99. The molecule has 4 heterocycles. The number of nitrogens with two attached hydrogens (primary N) is 1. The highest BCUT2D eigenvalue weighted by atomic mass is 16.5. The molecule has 2 aromatic carbocycles. The van der Waals surface area contributed by atoms with Crippen molar-refractivity contribution in [2.45, 2.75) is 51.1 Å². The molecule has 6 rings (SSSR count). The molecule has 0 saturated heterocycles. The second-order valence-corrected chi connectivity index (χ2v) is 8.51. The first kappa shape index (κ1) is 20.5. The number of guanidine groups is 1. The van der Waals surface area contributed by atoms with E-state index in [-0.39, 0.29) is 29.9 Å². The minimum atomic E-state index is -0.491. The van der Waals surface area contributed by atoms with Gasteiger partial charge in [0.2, 0.25) is 5.91 Å². The summed E-state index contributed by atoms with van der Waals surface area (Å²) in [6.45, 7) is 2.37. The van der Waals surface area contributed by atoms with E-state index in [9.17, 15) is 9.59 Å². The van der Waals surface area contributed by atoms with Gasteiger partial charge in [0.25, 0.3) is 5.91 Å². The van der Waals surface area contributed by atoms with E-state index in [0.29, 0.717) is 18.6 Å². The number of amides is 2.